The summed E-state index contributed by atoms with van der Waals surface area (Å²) < 4.78 is 54.7. The van der Waals surface area contributed by atoms with E-state index in [1.165, 1.54) is 24.1 Å². The maximum absolute atomic E-state index is 13.0. The molecule has 1 saturated heterocycles. The van der Waals surface area contributed by atoms with Crippen LogP contribution in [0.25, 0.3) is 0 Å². The van der Waals surface area contributed by atoms with Crippen molar-refractivity contribution in [3.63, 3.8) is 0 Å². The van der Waals surface area contributed by atoms with Crippen LogP contribution in [0.3, 0.4) is 0 Å². The van der Waals surface area contributed by atoms with Crippen molar-refractivity contribution in [1.82, 2.24) is 4.90 Å². The molecule has 1 N–H and O–H groups in total. The maximum atomic E-state index is 13.0. The molecule has 5 nitrogen and oxygen atoms in total. The minimum Gasteiger partial charge on any atom is -0.493 e. The van der Waals surface area contributed by atoms with Crippen LogP contribution in [0.2, 0.25) is 0 Å². The Balaban J connectivity index is 1.97. The number of Topliss-reactive ketones (excluding diaryl/α,β-unsaturated/α-hetero) is 1. The molecule has 5 heteroatoms. The van der Waals surface area contributed by atoms with Gasteiger partial charge in [0, 0.05) is 23.4 Å². The third kappa shape index (κ3) is 1.32. The number of hydrogen-bond acceptors (Lipinski definition) is 5. The normalized spacial score (nSPS) is 51.3. The Hall–Kier alpha value is -1.59. The van der Waals surface area contributed by atoms with Gasteiger partial charge in [-0.05, 0) is 44.4 Å². The van der Waals surface area contributed by atoms with Gasteiger partial charge in [0.1, 0.15) is 0 Å². The first-order chi connectivity index (χ1) is 12.9. The minimum atomic E-state index is -2.45. The summed E-state index contributed by atoms with van der Waals surface area (Å²) in [6.07, 6.45) is -6.54. The lowest BCUT2D eigenvalue weighted by Crippen LogP contribution is -2.76. The van der Waals surface area contributed by atoms with E-state index in [2.05, 4.69) is 0 Å². The number of benzene rings is 1. The van der Waals surface area contributed by atoms with Crippen LogP contribution >= 0.6 is 0 Å². The average Bonchev–Trinajstić information content (AvgIpc) is 2.97. The van der Waals surface area contributed by atoms with Gasteiger partial charge in [0.25, 0.3) is 0 Å². The number of ether oxygens (including phenoxy) is 2. The van der Waals surface area contributed by atoms with Crippen LogP contribution in [0.15, 0.2) is 12.1 Å². The van der Waals surface area contributed by atoms with E-state index in [4.69, 9.17) is 15.0 Å². The summed E-state index contributed by atoms with van der Waals surface area (Å²) in [5, 5.41) is 12.0. The molecule has 1 spiro atoms. The van der Waals surface area contributed by atoms with Crippen molar-refractivity contribution in [3.8, 4) is 11.5 Å². The summed E-state index contributed by atoms with van der Waals surface area (Å²) >= 11 is 0. The van der Waals surface area contributed by atoms with Gasteiger partial charge in [-0.1, -0.05) is 6.07 Å². The first-order valence-electron chi connectivity index (χ1n) is 10.3. The molecule has 2 bridgehead atoms. The summed E-state index contributed by atoms with van der Waals surface area (Å²) in [6.45, 7) is 0.261. The van der Waals surface area contributed by atoms with E-state index in [9.17, 15) is 11.3 Å². The van der Waals surface area contributed by atoms with Gasteiger partial charge >= 0.3 is 0 Å². The molecule has 1 aromatic rings. The van der Waals surface area contributed by atoms with Crippen molar-refractivity contribution in [3.05, 3.63) is 23.3 Å². The van der Waals surface area contributed by atoms with Crippen LogP contribution in [0.5, 0.6) is 11.5 Å². The molecule has 0 amide bonds. The van der Waals surface area contributed by atoms with Crippen LogP contribution in [-0.4, -0.2) is 54.2 Å². The number of carbonyl (C=O) groups excluding carboxylic acids is 1. The van der Waals surface area contributed by atoms with Crippen LogP contribution in [-0.2, 0) is 16.6 Å². The Kier molecular flexibility index (Phi) is 1.71. The molecule has 1 unspecified atom stereocenters. The highest BCUT2D eigenvalue weighted by Crippen LogP contribution is 2.64. The lowest BCUT2D eigenvalue weighted by atomic mass is 9.49. The Morgan fingerprint density at radius 2 is 2.35 bits per heavy atom. The number of piperidine rings is 1. The van der Waals surface area contributed by atoms with Crippen LogP contribution < -0.4 is 9.47 Å². The number of likely N-dealkylation sites (tertiary alicyclic amines) is 1. The molecule has 2 aliphatic carbocycles. The summed E-state index contributed by atoms with van der Waals surface area (Å²) in [4.78, 5) is 14.5. The fourth-order valence-electron chi connectivity index (χ4n) is 4.76. The number of methoxy groups -OCH3 is 1. The zero-order valence-electron chi connectivity index (χ0n) is 18.0. The lowest BCUT2D eigenvalue weighted by Gasteiger charge is -2.62. The highest BCUT2D eigenvalue weighted by molar-refractivity contribution is 5.90. The van der Waals surface area contributed by atoms with Gasteiger partial charge in [0.2, 0.25) is 0 Å². The smallest absolute Gasteiger partial charge is 0.174 e. The third-order valence-corrected chi connectivity index (χ3v) is 5.83. The first-order valence-corrected chi connectivity index (χ1v) is 7.77. The van der Waals surface area contributed by atoms with Gasteiger partial charge < -0.3 is 19.5 Å². The molecule has 4 aliphatic rings. The van der Waals surface area contributed by atoms with E-state index in [0.717, 1.165) is 0 Å². The number of ketones is 1. The Morgan fingerprint density at radius 3 is 3.13 bits per heavy atom. The fraction of sp³-hybridized carbons (Fsp3) is 0.611. The molecule has 4 atom stereocenters. The molecule has 0 radical (unpaired) electrons. The van der Waals surface area contributed by atoms with Gasteiger partial charge in [-0.15, -0.1) is 0 Å². The molecular formula is C18H21NO4. The average molecular weight is 320 g/mol. The van der Waals surface area contributed by atoms with Crippen molar-refractivity contribution in [1.29, 1.82) is 0 Å². The quantitative estimate of drug-likeness (QED) is 0.838. The second kappa shape index (κ2) is 4.08. The second-order valence-corrected chi connectivity index (χ2v) is 6.71. The zero-order valence-corrected chi connectivity index (χ0v) is 13.0. The number of rotatable bonds is 1. The van der Waals surface area contributed by atoms with E-state index in [0.29, 0.717) is 11.3 Å². The van der Waals surface area contributed by atoms with E-state index >= 15 is 0 Å². The molecule has 122 valence electrons. The van der Waals surface area contributed by atoms with Gasteiger partial charge in [0.15, 0.2) is 23.4 Å². The highest BCUT2D eigenvalue weighted by Gasteiger charge is 2.72. The molecule has 1 aromatic carbocycles. The SMILES string of the molecule is [2H]C1([2H])C[C@]2(O)[C@@]34CCN(C)[C@]2([2H])C([2H])([2H])c2ccc(OC)c(c23)OC4C1=O. The Bertz CT molecular complexity index is 939. The highest BCUT2D eigenvalue weighted by atomic mass is 16.5. The molecule has 0 aromatic heterocycles. The standard InChI is InChI=1S/C18H21NO4/c1-19-8-7-17-14-10-3-4-12(22-2)15(14)23-16(17)11(20)5-6-18(17,21)13(19)9-10/h3-4,13,16,21H,5-9H2,1-2H3/t13-,16?,17+,18-/m1/s1/i5D2,9D2,13D. The summed E-state index contributed by atoms with van der Waals surface area (Å²) in [7, 11) is 2.98. The molecular weight excluding hydrogens is 294 g/mol. The predicted molar refractivity (Wildman–Crippen MR) is 83.0 cm³/mol. The van der Waals surface area contributed by atoms with Crippen LogP contribution in [0.4, 0.5) is 0 Å². The molecule has 2 fully saturated rings. The van der Waals surface area contributed by atoms with Crippen molar-refractivity contribution in [2.75, 3.05) is 20.7 Å². The van der Waals surface area contributed by atoms with E-state index in [1.54, 1.807) is 7.05 Å². The van der Waals surface area contributed by atoms with Crippen LogP contribution in [0.1, 0.15) is 37.2 Å². The number of hydrogen-bond donors (Lipinski definition) is 1. The maximum Gasteiger partial charge on any atom is 0.174 e. The zero-order chi connectivity index (χ0) is 20.5. The molecule has 2 aliphatic heterocycles. The first kappa shape index (κ1) is 9.64. The monoisotopic (exact) mass is 320 g/mol. The predicted octanol–water partition coefficient (Wildman–Crippen LogP) is 1.05. The topological polar surface area (TPSA) is 59.0 Å². The number of nitrogens with zero attached hydrogens (tertiary/aromatic N) is 1. The van der Waals surface area contributed by atoms with Crippen molar-refractivity contribution >= 4 is 5.78 Å². The molecule has 5 rings (SSSR count). The van der Waals surface area contributed by atoms with Crippen molar-refractivity contribution in [2.45, 2.75) is 48.7 Å². The summed E-state index contributed by atoms with van der Waals surface area (Å²) in [6, 6.07) is 0.862. The second-order valence-electron chi connectivity index (χ2n) is 6.71. The third-order valence-electron chi connectivity index (χ3n) is 5.83. The van der Waals surface area contributed by atoms with Gasteiger partial charge in [-0.3, -0.25) is 4.79 Å². The lowest BCUT2D eigenvalue weighted by molar-refractivity contribution is -0.185. The molecule has 23 heavy (non-hydrogen) atoms. The van der Waals surface area contributed by atoms with E-state index in [-0.39, 0.29) is 24.3 Å². The number of aliphatic hydroxyl groups is 1. The summed E-state index contributed by atoms with van der Waals surface area (Å²) in [5.74, 6) is -0.314. The molecule has 2 heterocycles. The Labute approximate surface area is 142 Å². The molecule has 1 saturated carbocycles. The largest absolute Gasteiger partial charge is 0.493 e. The van der Waals surface area contributed by atoms with E-state index in [1.807, 2.05) is 0 Å². The number of likely N-dealkylation sites (N-methyl/N-ethyl adjacent to an activating group) is 1. The Morgan fingerprint density at radius 1 is 1.52 bits per heavy atom. The van der Waals surface area contributed by atoms with Gasteiger partial charge in [-0.25, -0.2) is 0 Å². The fourth-order valence-corrected chi connectivity index (χ4v) is 4.76. The van der Waals surface area contributed by atoms with Crippen LogP contribution in [0, 0.1) is 0 Å². The van der Waals surface area contributed by atoms with Crippen molar-refractivity contribution < 1.29 is 26.2 Å². The number of carbonyl (C=O) groups is 1. The van der Waals surface area contributed by atoms with E-state index < -0.39 is 48.1 Å². The van der Waals surface area contributed by atoms with Gasteiger partial charge in [0.05, 0.1) is 19.5 Å². The minimum absolute atomic E-state index is 0.171. The van der Waals surface area contributed by atoms with Gasteiger partial charge in [-0.2, -0.15) is 0 Å². The summed E-state index contributed by atoms with van der Waals surface area (Å²) in [5.41, 5.74) is -3.03. The van der Waals surface area contributed by atoms with Crippen molar-refractivity contribution in [2.24, 2.45) is 0 Å².